The zero-order chi connectivity index (χ0) is 16.5. The molecule has 0 radical (unpaired) electrons. The van der Waals surface area contributed by atoms with E-state index in [4.69, 9.17) is 25.8 Å². The van der Waals surface area contributed by atoms with Crippen LogP contribution in [0.4, 0.5) is 0 Å². The van der Waals surface area contributed by atoms with Crippen LogP contribution < -0.4 is 4.74 Å². The number of rotatable bonds is 6. The van der Waals surface area contributed by atoms with Crippen LogP contribution in [0.15, 0.2) is 42.5 Å². The lowest BCUT2D eigenvalue weighted by Gasteiger charge is -2.15. The van der Waals surface area contributed by atoms with Gasteiger partial charge in [-0.15, -0.1) is 0 Å². The third-order valence-corrected chi connectivity index (χ3v) is 4.32. The van der Waals surface area contributed by atoms with E-state index >= 15 is 0 Å². The summed E-state index contributed by atoms with van der Waals surface area (Å²) in [5.74, 6) is 0.957. The minimum Gasteiger partial charge on any atom is -0.507 e. The second-order valence-corrected chi connectivity index (χ2v) is 6.23. The van der Waals surface area contributed by atoms with Gasteiger partial charge in [-0.1, -0.05) is 35.9 Å². The maximum atomic E-state index is 10.6. The summed E-state index contributed by atoms with van der Waals surface area (Å²) in [6, 6.07) is 13.1. The van der Waals surface area contributed by atoms with Gasteiger partial charge < -0.3 is 19.3 Å². The standard InChI is InChI=1S/C19H17ClO4/c20-12-5-6-16-17(9-12)18(21)14-3-1-2-4-15(14)19(16)23-8-7-22-10-13-11-24-13/h1-6,9,13,21H,7-8,10-11H2. The summed E-state index contributed by atoms with van der Waals surface area (Å²) >= 11 is 6.09. The van der Waals surface area contributed by atoms with Crippen molar-refractivity contribution in [2.45, 2.75) is 6.10 Å². The van der Waals surface area contributed by atoms with Crippen LogP contribution in [-0.2, 0) is 9.47 Å². The zero-order valence-electron chi connectivity index (χ0n) is 13.0. The van der Waals surface area contributed by atoms with E-state index in [1.807, 2.05) is 30.3 Å². The van der Waals surface area contributed by atoms with Crippen molar-refractivity contribution in [3.05, 3.63) is 47.5 Å². The van der Waals surface area contributed by atoms with Gasteiger partial charge in [-0.25, -0.2) is 0 Å². The van der Waals surface area contributed by atoms with E-state index in [0.717, 1.165) is 28.5 Å². The van der Waals surface area contributed by atoms with E-state index in [0.29, 0.717) is 30.2 Å². The lowest BCUT2D eigenvalue weighted by atomic mass is 10.0. The topological polar surface area (TPSA) is 51.2 Å². The predicted octanol–water partition coefficient (Wildman–Crippen LogP) is 4.15. The van der Waals surface area contributed by atoms with Gasteiger partial charge >= 0.3 is 0 Å². The Bertz CT molecular complexity index is 889. The summed E-state index contributed by atoms with van der Waals surface area (Å²) in [5, 5.41) is 14.3. The fourth-order valence-electron chi connectivity index (χ4n) is 2.83. The molecule has 0 aliphatic carbocycles. The second kappa shape index (κ2) is 6.48. The number of phenolic OH excluding ortho intramolecular Hbond substituents is 1. The van der Waals surface area contributed by atoms with Crippen LogP contribution in [0, 0.1) is 0 Å². The van der Waals surface area contributed by atoms with Gasteiger partial charge in [0, 0.05) is 26.6 Å². The highest BCUT2D eigenvalue weighted by molar-refractivity contribution is 6.31. The van der Waals surface area contributed by atoms with Crippen LogP contribution in [0.1, 0.15) is 0 Å². The summed E-state index contributed by atoms with van der Waals surface area (Å²) in [4.78, 5) is 0. The molecule has 0 aromatic heterocycles. The van der Waals surface area contributed by atoms with Crippen LogP contribution >= 0.6 is 11.6 Å². The maximum absolute atomic E-state index is 10.6. The van der Waals surface area contributed by atoms with E-state index in [9.17, 15) is 5.11 Å². The van der Waals surface area contributed by atoms with E-state index in [1.165, 1.54) is 0 Å². The molecule has 1 atom stereocenters. The zero-order valence-corrected chi connectivity index (χ0v) is 13.8. The minimum absolute atomic E-state index is 0.220. The summed E-state index contributed by atoms with van der Waals surface area (Å²) in [7, 11) is 0. The van der Waals surface area contributed by atoms with Crippen LogP contribution in [0.25, 0.3) is 21.5 Å². The van der Waals surface area contributed by atoms with Gasteiger partial charge in [0.15, 0.2) is 0 Å². The molecule has 24 heavy (non-hydrogen) atoms. The molecule has 124 valence electrons. The molecule has 1 fully saturated rings. The molecular formula is C19H17ClO4. The predicted molar refractivity (Wildman–Crippen MR) is 94.2 cm³/mol. The number of hydrogen-bond acceptors (Lipinski definition) is 4. The highest BCUT2D eigenvalue weighted by Gasteiger charge is 2.22. The molecule has 1 aliphatic heterocycles. The fourth-order valence-corrected chi connectivity index (χ4v) is 3.00. The van der Waals surface area contributed by atoms with E-state index in [2.05, 4.69) is 0 Å². The first-order chi connectivity index (χ1) is 11.7. The number of aromatic hydroxyl groups is 1. The number of epoxide rings is 1. The number of hydrogen-bond donors (Lipinski definition) is 1. The second-order valence-electron chi connectivity index (χ2n) is 5.79. The third kappa shape index (κ3) is 3.00. The molecule has 1 N–H and O–H groups in total. The summed E-state index contributed by atoms with van der Waals surface area (Å²) in [6.07, 6.45) is 0.252. The molecule has 4 nitrogen and oxygen atoms in total. The molecule has 0 amide bonds. The van der Waals surface area contributed by atoms with E-state index in [1.54, 1.807) is 12.1 Å². The molecule has 5 heteroatoms. The van der Waals surface area contributed by atoms with Gasteiger partial charge in [0.25, 0.3) is 0 Å². The number of phenols is 1. The smallest absolute Gasteiger partial charge is 0.135 e. The average Bonchev–Trinajstić information content (AvgIpc) is 3.42. The SMILES string of the molecule is Oc1c2ccccc2c(OCCOCC2CO2)c2ccc(Cl)cc12. The number of ether oxygens (including phenoxy) is 3. The monoisotopic (exact) mass is 344 g/mol. The Morgan fingerprint density at radius 2 is 1.79 bits per heavy atom. The first-order valence-electron chi connectivity index (χ1n) is 7.89. The minimum atomic E-state index is 0.220. The first kappa shape index (κ1) is 15.5. The Balaban J connectivity index is 1.68. The largest absolute Gasteiger partial charge is 0.507 e. The summed E-state index contributed by atoms with van der Waals surface area (Å²) < 4.78 is 16.6. The van der Waals surface area contributed by atoms with Crippen molar-refractivity contribution in [3.63, 3.8) is 0 Å². The molecule has 0 saturated carbocycles. The van der Waals surface area contributed by atoms with Crippen LogP contribution in [0.3, 0.4) is 0 Å². The van der Waals surface area contributed by atoms with Crippen LogP contribution in [0.2, 0.25) is 5.02 Å². The number of halogens is 1. The van der Waals surface area contributed by atoms with Gasteiger partial charge in [-0.05, 0) is 18.2 Å². The molecule has 4 rings (SSSR count). The quantitative estimate of drug-likeness (QED) is 0.414. The molecule has 0 spiro atoms. The van der Waals surface area contributed by atoms with Crippen molar-refractivity contribution in [1.82, 2.24) is 0 Å². The molecule has 3 aromatic carbocycles. The van der Waals surface area contributed by atoms with Gasteiger partial charge in [0.2, 0.25) is 0 Å². The Hall–Kier alpha value is -2.01. The Morgan fingerprint density at radius 3 is 2.58 bits per heavy atom. The van der Waals surface area contributed by atoms with Crippen molar-refractivity contribution >= 4 is 33.1 Å². The fraction of sp³-hybridized carbons (Fsp3) is 0.263. The lowest BCUT2D eigenvalue weighted by Crippen LogP contribution is -2.10. The highest BCUT2D eigenvalue weighted by atomic mass is 35.5. The Morgan fingerprint density at radius 1 is 1.04 bits per heavy atom. The van der Waals surface area contributed by atoms with Gasteiger partial charge in [0.1, 0.15) is 24.2 Å². The summed E-state index contributed by atoms with van der Waals surface area (Å²) in [5.41, 5.74) is 0. The van der Waals surface area contributed by atoms with Gasteiger partial charge in [-0.3, -0.25) is 0 Å². The maximum Gasteiger partial charge on any atom is 0.135 e. The summed E-state index contributed by atoms with van der Waals surface area (Å²) in [6.45, 7) is 2.31. The van der Waals surface area contributed by atoms with Crippen LogP contribution in [-0.4, -0.2) is 37.6 Å². The molecule has 3 aromatic rings. The van der Waals surface area contributed by atoms with E-state index < -0.39 is 0 Å². The highest BCUT2D eigenvalue weighted by Crippen LogP contribution is 2.42. The molecule has 1 unspecified atom stereocenters. The normalized spacial score (nSPS) is 16.6. The van der Waals surface area contributed by atoms with Crippen molar-refractivity contribution in [2.24, 2.45) is 0 Å². The van der Waals surface area contributed by atoms with Crippen molar-refractivity contribution in [1.29, 1.82) is 0 Å². The number of fused-ring (bicyclic) bond motifs is 2. The number of benzene rings is 3. The van der Waals surface area contributed by atoms with Crippen molar-refractivity contribution in [3.8, 4) is 11.5 Å². The molecular weight excluding hydrogens is 328 g/mol. The first-order valence-corrected chi connectivity index (χ1v) is 8.27. The van der Waals surface area contributed by atoms with Crippen molar-refractivity contribution in [2.75, 3.05) is 26.4 Å². The molecule has 1 aliphatic rings. The lowest BCUT2D eigenvalue weighted by molar-refractivity contribution is 0.0887. The van der Waals surface area contributed by atoms with Gasteiger partial charge in [0.05, 0.1) is 19.8 Å². The van der Waals surface area contributed by atoms with Crippen molar-refractivity contribution < 1.29 is 19.3 Å². The Kier molecular flexibility index (Phi) is 4.19. The average molecular weight is 345 g/mol. The third-order valence-electron chi connectivity index (χ3n) is 4.09. The molecule has 1 heterocycles. The van der Waals surface area contributed by atoms with Crippen LogP contribution in [0.5, 0.6) is 11.5 Å². The van der Waals surface area contributed by atoms with Gasteiger partial charge in [-0.2, -0.15) is 0 Å². The molecule has 1 saturated heterocycles. The van der Waals surface area contributed by atoms with E-state index in [-0.39, 0.29) is 11.9 Å². The Labute approximate surface area is 144 Å². The molecule has 0 bridgehead atoms.